The van der Waals surface area contributed by atoms with E-state index in [0.717, 1.165) is 13.1 Å². The first-order chi connectivity index (χ1) is 8.76. The van der Waals surface area contributed by atoms with Gasteiger partial charge in [0.1, 0.15) is 0 Å². The highest BCUT2D eigenvalue weighted by Crippen LogP contribution is 2.33. The maximum absolute atomic E-state index is 12.2. The molecule has 96 valence electrons. The Morgan fingerprint density at radius 1 is 1.56 bits per heavy atom. The van der Waals surface area contributed by atoms with Crippen LogP contribution in [-0.4, -0.2) is 30.4 Å². The summed E-state index contributed by atoms with van der Waals surface area (Å²) >= 11 is 0. The standard InChI is InChI=1S/C15H20N2O/c1-3-9-17(4-2)15(18)10-12-11-16-14-8-6-5-7-13(12)14/h3,5-8,12,16H,1,4,9-11H2,2H3. The monoisotopic (exact) mass is 244 g/mol. The zero-order valence-electron chi connectivity index (χ0n) is 10.9. The van der Waals surface area contributed by atoms with Gasteiger partial charge in [-0.2, -0.15) is 0 Å². The molecule has 0 spiro atoms. The first-order valence-electron chi connectivity index (χ1n) is 6.47. The van der Waals surface area contributed by atoms with Crippen LogP contribution in [-0.2, 0) is 4.79 Å². The van der Waals surface area contributed by atoms with Crippen molar-refractivity contribution in [3.63, 3.8) is 0 Å². The van der Waals surface area contributed by atoms with Crippen molar-refractivity contribution in [2.24, 2.45) is 0 Å². The summed E-state index contributed by atoms with van der Waals surface area (Å²) in [6.07, 6.45) is 2.36. The number of hydrogen-bond acceptors (Lipinski definition) is 2. The topological polar surface area (TPSA) is 32.3 Å². The Kier molecular flexibility index (Phi) is 4.03. The lowest BCUT2D eigenvalue weighted by Gasteiger charge is -2.21. The van der Waals surface area contributed by atoms with Crippen LogP contribution in [0.5, 0.6) is 0 Å². The van der Waals surface area contributed by atoms with Crippen LogP contribution in [0.3, 0.4) is 0 Å². The molecule has 0 fully saturated rings. The van der Waals surface area contributed by atoms with Gasteiger partial charge in [0.25, 0.3) is 0 Å². The molecule has 18 heavy (non-hydrogen) atoms. The number of hydrogen-bond donors (Lipinski definition) is 1. The SMILES string of the molecule is C=CCN(CC)C(=O)CC1CNc2ccccc21. The molecule has 1 aromatic carbocycles. The van der Waals surface area contributed by atoms with Gasteiger partial charge in [-0.1, -0.05) is 24.3 Å². The van der Waals surface area contributed by atoms with Crippen molar-refractivity contribution in [1.29, 1.82) is 0 Å². The predicted octanol–water partition coefficient (Wildman–Crippen LogP) is 2.62. The van der Waals surface area contributed by atoms with Gasteiger partial charge in [0.2, 0.25) is 5.91 Å². The minimum atomic E-state index is 0.209. The highest BCUT2D eigenvalue weighted by Gasteiger charge is 2.25. The minimum Gasteiger partial charge on any atom is -0.384 e. The molecule has 1 heterocycles. The van der Waals surface area contributed by atoms with Gasteiger partial charge in [0.05, 0.1) is 0 Å². The molecular formula is C15H20N2O. The summed E-state index contributed by atoms with van der Waals surface area (Å²) in [6, 6.07) is 8.23. The lowest BCUT2D eigenvalue weighted by molar-refractivity contribution is -0.130. The molecule has 1 amide bonds. The Balaban J connectivity index is 2.03. The zero-order chi connectivity index (χ0) is 13.0. The van der Waals surface area contributed by atoms with Crippen molar-refractivity contribution in [2.45, 2.75) is 19.3 Å². The fourth-order valence-electron chi connectivity index (χ4n) is 2.44. The number of carbonyl (C=O) groups excluding carboxylic acids is 1. The second kappa shape index (κ2) is 5.71. The van der Waals surface area contributed by atoms with Crippen LogP contribution in [0.25, 0.3) is 0 Å². The molecule has 1 aliphatic rings. The maximum Gasteiger partial charge on any atom is 0.223 e. The molecule has 2 rings (SSSR count). The molecule has 3 nitrogen and oxygen atoms in total. The number of likely N-dealkylation sites (N-methyl/N-ethyl adjacent to an activating group) is 1. The van der Waals surface area contributed by atoms with Crippen LogP contribution < -0.4 is 5.32 Å². The number of nitrogens with one attached hydrogen (secondary N) is 1. The van der Waals surface area contributed by atoms with E-state index in [9.17, 15) is 4.79 Å². The van der Waals surface area contributed by atoms with Crippen molar-refractivity contribution >= 4 is 11.6 Å². The maximum atomic E-state index is 12.2. The predicted molar refractivity (Wildman–Crippen MR) is 74.7 cm³/mol. The molecule has 0 aromatic heterocycles. The summed E-state index contributed by atoms with van der Waals surface area (Å²) in [5.74, 6) is 0.508. The molecule has 0 bridgehead atoms. The summed E-state index contributed by atoms with van der Waals surface area (Å²) in [4.78, 5) is 14.0. The number of benzene rings is 1. The van der Waals surface area contributed by atoms with Gasteiger partial charge in [-0.15, -0.1) is 6.58 Å². The van der Waals surface area contributed by atoms with Gasteiger partial charge in [-0.3, -0.25) is 4.79 Å². The molecule has 1 atom stereocenters. The first-order valence-corrected chi connectivity index (χ1v) is 6.47. The largest absolute Gasteiger partial charge is 0.384 e. The van der Waals surface area contributed by atoms with Gasteiger partial charge < -0.3 is 10.2 Å². The Labute approximate surface area is 108 Å². The van der Waals surface area contributed by atoms with Crippen LogP contribution in [0.4, 0.5) is 5.69 Å². The van der Waals surface area contributed by atoms with Crippen molar-refractivity contribution in [1.82, 2.24) is 4.90 Å². The number of rotatable bonds is 5. The summed E-state index contributed by atoms with van der Waals surface area (Å²) < 4.78 is 0. The fraction of sp³-hybridized carbons (Fsp3) is 0.400. The molecule has 0 saturated carbocycles. The smallest absolute Gasteiger partial charge is 0.223 e. The fourth-order valence-corrected chi connectivity index (χ4v) is 2.44. The molecular weight excluding hydrogens is 224 g/mol. The van der Waals surface area contributed by atoms with E-state index in [1.54, 1.807) is 6.08 Å². The van der Waals surface area contributed by atoms with Gasteiger partial charge in [0, 0.05) is 37.7 Å². The van der Waals surface area contributed by atoms with Crippen LogP contribution in [0.2, 0.25) is 0 Å². The number of nitrogens with zero attached hydrogens (tertiary/aromatic N) is 1. The summed E-state index contributed by atoms with van der Waals surface area (Å²) in [5, 5.41) is 3.35. The van der Waals surface area contributed by atoms with E-state index in [4.69, 9.17) is 0 Å². The second-order valence-electron chi connectivity index (χ2n) is 4.59. The van der Waals surface area contributed by atoms with Gasteiger partial charge >= 0.3 is 0 Å². The van der Waals surface area contributed by atoms with Crippen LogP contribution in [0.15, 0.2) is 36.9 Å². The van der Waals surface area contributed by atoms with E-state index in [2.05, 4.69) is 24.0 Å². The van der Waals surface area contributed by atoms with Crippen molar-refractivity contribution < 1.29 is 4.79 Å². The number of amides is 1. The third-order valence-electron chi connectivity index (χ3n) is 3.44. The van der Waals surface area contributed by atoms with E-state index in [1.165, 1.54) is 11.3 Å². The van der Waals surface area contributed by atoms with E-state index in [1.807, 2.05) is 24.0 Å². The highest BCUT2D eigenvalue weighted by atomic mass is 16.2. The number of fused-ring (bicyclic) bond motifs is 1. The second-order valence-corrected chi connectivity index (χ2v) is 4.59. The van der Waals surface area contributed by atoms with E-state index < -0.39 is 0 Å². The van der Waals surface area contributed by atoms with E-state index >= 15 is 0 Å². The van der Waals surface area contributed by atoms with Crippen molar-refractivity contribution in [3.8, 4) is 0 Å². The van der Waals surface area contributed by atoms with Crippen molar-refractivity contribution in [2.75, 3.05) is 25.0 Å². The van der Waals surface area contributed by atoms with Gasteiger partial charge in [-0.25, -0.2) is 0 Å². The lowest BCUT2D eigenvalue weighted by atomic mass is 9.97. The molecule has 1 unspecified atom stereocenters. The minimum absolute atomic E-state index is 0.209. The third kappa shape index (κ3) is 2.55. The number of para-hydroxylation sites is 1. The summed E-state index contributed by atoms with van der Waals surface area (Å²) in [5.41, 5.74) is 2.43. The average Bonchev–Trinajstić information content (AvgIpc) is 2.79. The third-order valence-corrected chi connectivity index (χ3v) is 3.44. The Hall–Kier alpha value is -1.77. The first kappa shape index (κ1) is 12.7. The highest BCUT2D eigenvalue weighted by molar-refractivity contribution is 5.78. The van der Waals surface area contributed by atoms with E-state index in [-0.39, 0.29) is 5.91 Å². The molecule has 1 N–H and O–H groups in total. The van der Waals surface area contributed by atoms with Gasteiger partial charge in [0.15, 0.2) is 0 Å². The molecule has 1 aromatic rings. The molecule has 0 radical (unpaired) electrons. The molecule has 1 aliphatic heterocycles. The molecule has 3 heteroatoms. The van der Waals surface area contributed by atoms with Crippen LogP contribution in [0, 0.1) is 0 Å². The lowest BCUT2D eigenvalue weighted by Crippen LogP contribution is -2.32. The van der Waals surface area contributed by atoms with Crippen LogP contribution in [0.1, 0.15) is 24.8 Å². The quantitative estimate of drug-likeness (QED) is 0.808. The summed E-state index contributed by atoms with van der Waals surface area (Å²) in [6.45, 7) is 7.93. The van der Waals surface area contributed by atoms with Crippen LogP contribution >= 0.6 is 0 Å². The molecule has 0 saturated heterocycles. The van der Waals surface area contributed by atoms with Crippen molar-refractivity contribution in [3.05, 3.63) is 42.5 Å². The number of carbonyl (C=O) groups is 1. The normalized spacial score (nSPS) is 16.8. The Bertz CT molecular complexity index is 442. The van der Waals surface area contributed by atoms with E-state index in [0.29, 0.717) is 18.9 Å². The number of anilines is 1. The Morgan fingerprint density at radius 2 is 2.33 bits per heavy atom. The zero-order valence-corrected chi connectivity index (χ0v) is 10.9. The van der Waals surface area contributed by atoms with Gasteiger partial charge in [-0.05, 0) is 18.6 Å². The average molecular weight is 244 g/mol. The summed E-state index contributed by atoms with van der Waals surface area (Å²) in [7, 11) is 0. The molecule has 0 aliphatic carbocycles. The Morgan fingerprint density at radius 3 is 3.06 bits per heavy atom.